The minimum Gasteiger partial charge on any atom is -0.444 e. The Morgan fingerprint density at radius 1 is 1.21 bits per heavy atom. The molecule has 2 atom stereocenters. The lowest BCUT2D eigenvalue weighted by atomic mass is 10.0. The van der Waals surface area contributed by atoms with E-state index >= 15 is 0 Å². The van der Waals surface area contributed by atoms with Crippen LogP contribution in [-0.4, -0.2) is 28.6 Å². The number of cyclic esters (lactones) is 1. The van der Waals surface area contributed by atoms with E-state index in [1.807, 2.05) is 37.3 Å². The number of nitro groups is 1. The summed E-state index contributed by atoms with van der Waals surface area (Å²) in [6.07, 6.45) is -0.430. The lowest BCUT2D eigenvalue weighted by Crippen LogP contribution is -2.28. The van der Waals surface area contributed by atoms with Gasteiger partial charge >= 0.3 is 6.09 Å². The average Bonchev–Trinajstić information content (AvgIpc) is 2.95. The van der Waals surface area contributed by atoms with Crippen LogP contribution in [0.15, 0.2) is 54.6 Å². The maximum atomic E-state index is 12.2. The van der Waals surface area contributed by atoms with Gasteiger partial charge in [0.05, 0.1) is 17.5 Å². The third-order valence-electron chi connectivity index (χ3n) is 4.29. The number of ether oxygens (including phenoxy) is 1. The maximum absolute atomic E-state index is 12.2. The topological polar surface area (TPSA) is 72.7 Å². The van der Waals surface area contributed by atoms with Crippen LogP contribution in [0, 0.1) is 10.1 Å². The molecule has 0 bridgehead atoms. The summed E-state index contributed by atoms with van der Waals surface area (Å²) in [5, 5.41) is 11.1. The molecule has 24 heavy (non-hydrogen) atoms. The average molecular weight is 326 g/mol. The first kappa shape index (κ1) is 16.0. The lowest BCUT2D eigenvalue weighted by molar-refractivity contribution is -0.385. The summed E-state index contributed by atoms with van der Waals surface area (Å²) in [4.78, 5) is 24.5. The Morgan fingerprint density at radius 3 is 2.58 bits per heavy atom. The SMILES string of the molecule is CC(c1ccccc1)N1CC(Cc2ccccc2[N+](=O)[O-])OC1=O. The predicted octanol–water partition coefficient (Wildman–Crippen LogP) is 3.72. The van der Waals surface area contributed by atoms with Gasteiger partial charge in [0.2, 0.25) is 0 Å². The number of hydrogen-bond acceptors (Lipinski definition) is 4. The summed E-state index contributed by atoms with van der Waals surface area (Å²) in [5.74, 6) is 0. The molecule has 6 nitrogen and oxygen atoms in total. The highest BCUT2D eigenvalue weighted by atomic mass is 16.6. The smallest absolute Gasteiger partial charge is 0.410 e. The van der Waals surface area contributed by atoms with Crippen molar-refractivity contribution in [2.45, 2.75) is 25.5 Å². The van der Waals surface area contributed by atoms with Crippen LogP contribution in [0.5, 0.6) is 0 Å². The van der Waals surface area contributed by atoms with Crippen molar-refractivity contribution in [3.63, 3.8) is 0 Å². The highest BCUT2D eigenvalue weighted by molar-refractivity contribution is 5.70. The number of rotatable bonds is 5. The Bertz CT molecular complexity index is 748. The molecule has 2 aromatic carbocycles. The summed E-state index contributed by atoms with van der Waals surface area (Å²) < 4.78 is 5.42. The summed E-state index contributed by atoms with van der Waals surface area (Å²) in [7, 11) is 0. The Labute approximate surface area is 139 Å². The first-order valence-corrected chi connectivity index (χ1v) is 7.80. The van der Waals surface area contributed by atoms with Gasteiger partial charge in [-0.1, -0.05) is 48.5 Å². The van der Waals surface area contributed by atoms with Crippen molar-refractivity contribution in [2.24, 2.45) is 0 Å². The predicted molar refractivity (Wildman–Crippen MR) is 88.6 cm³/mol. The van der Waals surface area contributed by atoms with Crippen LogP contribution in [0.3, 0.4) is 0 Å². The molecule has 1 heterocycles. The van der Waals surface area contributed by atoms with E-state index in [0.717, 1.165) is 5.56 Å². The quantitative estimate of drug-likeness (QED) is 0.620. The largest absolute Gasteiger partial charge is 0.444 e. The van der Waals surface area contributed by atoms with E-state index in [9.17, 15) is 14.9 Å². The molecule has 2 aromatic rings. The van der Waals surface area contributed by atoms with Crippen molar-refractivity contribution in [3.05, 3.63) is 75.8 Å². The molecule has 0 saturated carbocycles. The van der Waals surface area contributed by atoms with E-state index < -0.39 is 4.92 Å². The molecule has 1 aliphatic rings. The number of carbonyl (C=O) groups is 1. The minimum absolute atomic E-state index is 0.0584. The number of hydrogen-bond donors (Lipinski definition) is 0. The van der Waals surface area contributed by atoms with Gasteiger partial charge in [0, 0.05) is 18.1 Å². The fraction of sp³-hybridized carbons (Fsp3) is 0.278. The van der Waals surface area contributed by atoms with Gasteiger partial charge in [-0.3, -0.25) is 15.0 Å². The molecule has 0 aliphatic carbocycles. The van der Waals surface area contributed by atoms with Crippen molar-refractivity contribution < 1.29 is 14.5 Å². The van der Waals surface area contributed by atoms with Gasteiger partial charge in [0.25, 0.3) is 5.69 Å². The second-order valence-electron chi connectivity index (χ2n) is 5.83. The summed E-state index contributed by atoms with van der Waals surface area (Å²) >= 11 is 0. The Hall–Kier alpha value is -2.89. The van der Waals surface area contributed by atoms with Crippen LogP contribution < -0.4 is 0 Å². The molecular formula is C18H18N2O4. The van der Waals surface area contributed by atoms with E-state index in [2.05, 4.69) is 0 Å². The molecule has 1 amide bonds. The number of nitrogens with zero attached hydrogens (tertiary/aromatic N) is 2. The van der Waals surface area contributed by atoms with E-state index in [-0.39, 0.29) is 23.9 Å². The molecule has 0 radical (unpaired) electrons. The van der Waals surface area contributed by atoms with Gasteiger partial charge < -0.3 is 4.74 Å². The molecule has 0 N–H and O–H groups in total. The van der Waals surface area contributed by atoms with Crippen molar-refractivity contribution >= 4 is 11.8 Å². The monoisotopic (exact) mass is 326 g/mol. The van der Waals surface area contributed by atoms with Gasteiger partial charge in [-0.2, -0.15) is 0 Å². The van der Waals surface area contributed by atoms with Gasteiger partial charge in [0.15, 0.2) is 0 Å². The van der Waals surface area contributed by atoms with Crippen molar-refractivity contribution in [1.82, 2.24) is 4.90 Å². The molecular weight excluding hydrogens is 308 g/mol. The fourth-order valence-electron chi connectivity index (χ4n) is 2.98. The van der Waals surface area contributed by atoms with Gasteiger partial charge in [-0.25, -0.2) is 4.79 Å². The Kier molecular flexibility index (Phi) is 4.46. The zero-order valence-electron chi connectivity index (χ0n) is 13.3. The molecule has 1 fully saturated rings. The highest BCUT2D eigenvalue weighted by Gasteiger charge is 2.35. The van der Waals surface area contributed by atoms with Gasteiger partial charge in [0.1, 0.15) is 6.10 Å². The minimum atomic E-state index is -0.406. The molecule has 3 rings (SSSR count). The summed E-state index contributed by atoms with van der Waals surface area (Å²) in [6, 6.07) is 16.2. The summed E-state index contributed by atoms with van der Waals surface area (Å²) in [5.41, 5.74) is 1.67. The molecule has 1 aliphatic heterocycles. The van der Waals surface area contributed by atoms with Gasteiger partial charge in [-0.15, -0.1) is 0 Å². The second-order valence-corrected chi connectivity index (χ2v) is 5.83. The molecule has 0 aromatic heterocycles. The molecule has 0 spiro atoms. The Balaban J connectivity index is 1.73. The number of nitro benzene ring substituents is 1. The van der Waals surface area contributed by atoms with E-state index in [4.69, 9.17) is 4.74 Å². The zero-order chi connectivity index (χ0) is 17.1. The van der Waals surface area contributed by atoms with Crippen LogP contribution in [-0.2, 0) is 11.2 Å². The third-order valence-corrected chi connectivity index (χ3v) is 4.29. The van der Waals surface area contributed by atoms with Crippen LogP contribution >= 0.6 is 0 Å². The van der Waals surface area contributed by atoms with E-state index in [0.29, 0.717) is 18.5 Å². The molecule has 2 unspecified atom stereocenters. The standard InChI is InChI=1S/C18H18N2O4/c1-13(14-7-3-2-4-8-14)19-12-16(24-18(19)21)11-15-9-5-6-10-17(15)20(22)23/h2-10,13,16H,11-12H2,1H3. The lowest BCUT2D eigenvalue weighted by Gasteiger charge is -2.22. The second kappa shape index (κ2) is 6.70. The molecule has 6 heteroatoms. The van der Waals surface area contributed by atoms with Crippen molar-refractivity contribution in [3.8, 4) is 0 Å². The van der Waals surface area contributed by atoms with Crippen molar-refractivity contribution in [1.29, 1.82) is 0 Å². The number of amides is 1. The first-order valence-electron chi connectivity index (χ1n) is 7.80. The van der Waals surface area contributed by atoms with Gasteiger partial charge in [-0.05, 0) is 12.5 Å². The molecule has 124 valence electrons. The fourth-order valence-corrected chi connectivity index (χ4v) is 2.98. The zero-order valence-corrected chi connectivity index (χ0v) is 13.3. The van der Waals surface area contributed by atoms with Crippen LogP contribution in [0.4, 0.5) is 10.5 Å². The maximum Gasteiger partial charge on any atom is 0.410 e. The highest BCUT2D eigenvalue weighted by Crippen LogP contribution is 2.28. The number of carbonyl (C=O) groups excluding carboxylic acids is 1. The summed E-state index contributed by atoms with van der Waals surface area (Å²) in [6.45, 7) is 2.37. The van der Waals surface area contributed by atoms with E-state index in [1.165, 1.54) is 6.07 Å². The number of para-hydroxylation sites is 1. The van der Waals surface area contributed by atoms with Crippen LogP contribution in [0.25, 0.3) is 0 Å². The first-order chi connectivity index (χ1) is 11.6. The van der Waals surface area contributed by atoms with Crippen LogP contribution in [0.1, 0.15) is 24.1 Å². The Morgan fingerprint density at radius 2 is 1.88 bits per heavy atom. The van der Waals surface area contributed by atoms with Crippen LogP contribution in [0.2, 0.25) is 0 Å². The molecule has 1 saturated heterocycles. The number of benzene rings is 2. The normalized spacial score (nSPS) is 18.3. The van der Waals surface area contributed by atoms with E-state index in [1.54, 1.807) is 23.1 Å². The third kappa shape index (κ3) is 3.22. The van der Waals surface area contributed by atoms with Crippen molar-refractivity contribution in [2.75, 3.05) is 6.54 Å².